The van der Waals surface area contributed by atoms with Crippen molar-refractivity contribution in [2.45, 2.75) is 23.6 Å². The minimum atomic E-state index is -0.286. The van der Waals surface area contributed by atoms with Crippen LogP contribution in [-0.4, -0.2) is 47.0 Å². The highest BCUT2D eigenvalue weighted by Crippen LogP contribution is 2.28. The second-order valence-electron chi connectivity index (χ2n) is 7.49. The molecule has 0 aliphatic carbocycles. The number of rotatable bonds is 6. The van der Waals surface area contributed by atoms with Gasteiger partial charge in [-0.2, -0.15) is 5.26 Å². The maximum Gasteiger partial charge on any atom is 0.255 e. The smallest absolute Gasteiger partial charge is 0.255 e. The fourth-order valence-corrected chi connectivity index (χ4v) is 4.68. The van der Waals surface area contributed by atoms with Crippen molar-refractivity contribution in [1.82, 2.24) is 15.0 Å². The number of hydrogen-bond acceptors (Lipinski definition) is 6. The number of hydrogen-bond donors (Lipinski definition) is 0. The van der Waals surface area contributed by atoms with Gasteiger partial charge in [-0.1, -0.05) is 47.6 Å². The van der Waals surface area contributed by atoms with E-state index in [0.29, 0.717) is 37.5 Å². The van der Waals surface area contributed by atoms with Crippen molar-refractivity contribution in [2.75, 3.05) is 26.2 Å². The van der Waals surface area contributed by atoms with Crippen LogP contribution in [0.15, 0.2) is 70.1 Å². The molecule has 1 unspecified atom stereocenters. The normalized spacial score (nSPS) is 15.4. The number of piperazine rings is 1. The van der Waals surface area contributed by atoms with Crippen molar-refractivity contribution >= 4 is 17.7 Å². The van der Waals surface area contributed by atoms with Gasteiger partial charge in [-0.3, -0.25) is 9.69 Å². The van der Waals surface area contributed by atoms with Crippen LogP contribution in [0.4, 0.5) is 0 Å². The van der Waals surface area contributed by atoms with Crippen LogP contribution in [0.1, 0.15) is 33.4 Å². The van der Waals surface area contributed by atoms with E-state index in [1.807, 2.05) is 72.5 Å². The number of carbonyl (C=O) groups is 1. The zero-order valence-electron chi connectivity index (χ0n) is 17.4. The molecule has 0 radical (unpaired) electrons. The fourth-order valence-electron chi connectivity index (χ4n) is 3.76. The second-order valence-corrected chi connectivity index (χ2v) is 8.51. The van der Waals surface area contributed by atoms with Gasteiger partial charge in [0.2, 0.25) is 0 Å². The van der Waals surface area contributed by atoms with Crippen LogP contribution in [0, 0.1) is 18.3 Å². The Morgan fingerprint density at radius 1 is 1.13 bits per heavy atom. The van der Waals surface area contributed by atoms with Crippen LogP contribution in [0.5, 0.6) is 0 Å². The standard InChI is InChI=1S/C24H24N4O2S/c1-18-15-20(30-26-18)17-31-23-10-6-5-9-21(23)24(29)28-13-11-27(12-14-28)22(16-25)19-7-3-2-4-8-19/h2-10,15,22H,11-14,17H2,1H3. The minimum Gasteiger partial charge on any atom is -0.360 e. The van der Waals surface area contributed by atoms with Gasteiger partial charge in [-0.05, 0) is 24.6 Å². The van der Waals surface area contributed by atoms with Gasteiger partial charge in [0.15, 0.2) is 0 Å². The van der Waals surface area contributed by atoms with E-state index in [-0.39, 0.29) is 11.9 Å². The lowest BCUT2D eigenvalue weighted by Gasteiger charge is -2.37. The van der Waals surface area contributed by atoms with E-state index in [2.05, 4.69) is 16.1 Å². The summed E-state index contributed by atoms with van der Waals surface area (Å²) >= 11 is 1.58. The summed E-state index contributed by atoms with van der Waals surface area (Å²) in [6.45, 7) is 4.44. The van der Waals surface area contributed by atoms with E-state index in [4.69, 9.17) is 4.52 Å². The van der Waals surface area contributed by atoms with Gasteiger partial charge in [0.1, 0.15) is 11.8 Å². The fraction of sp³-hybridized carbons (Fsp3) is 0.292. The molecule has 7 heteroatoms. The third kappa shape index (κ3) is 4.98. The number of aromatic nitrogens is 1. The lowest BCUT2D eigenvalue weighted by Crippen LogP contribution is -2.49. The van der Waals surface area contributed by atoms with Crippen molar-refractivity contribution in [3.05, 3.63) is 83.2 Å². The average molecular weight is 433 g/mol. The summed E-state index contributed by atoms with van der Waals surface area (Å²) in [6, 6.07) is 21.5. The molecule has 1 fully saturated rings. The molecule has 0 bridgehead atoms. The van der Waals surface area contributed by atoms with Crippen LogP contribution in [0.2, 0.25) is 0 Å². The zero-order valence-corrected chi connectivity index (χ0v) is 18.2. The maximum absolute atomic E-state index is 13.2. The molecule has 6 nitrogen and oxygen atoms in total. The van der Waals surface area contributed by atoms with Gasteiger partial charge >= 0.3 is 0 Å². The second kappa shape index (κ2) is 9.82. The first-order valence-electron chi connectivity index (χ1n) is 10.3. The monoisotopic (exact) mass is 432 g/mol. The van der Waals surface area contributed by atoms with E-state index in [9.17, 15) is 10.1 Å². The number of aryl methyl sites for hydroxylation is 1. The Morgan fingerprint density at radius 3 is 2.52 bits per heavy atom. The minimum absolute atomic E-state index is 0.0321. The number of thioether (sulfide) groups is 1. The molecule has 31 heavy (non-hydrogen) atoms. The first kappa shape index (κ1) is 21.2. The lowest BCUT2D eigenvalue weighted by molar-refractivity contribution is 0.0603. The Hall–Kier alpha value is -3.08. The molecule has 0 saturated carbocycles. The summed E-state index contributed by atoms with van der Waals surface area (Å²) in [6.07, 6.45) is 0. The van der Waals surface area contributed by atoms with Crippen LogP contribution >= 0.6 is 11.8 Å². The third-order valence-electron chi connectivity index (χ3n) is 5.37. The third-order valence-corrected chi connectivity index (χ3v) is 6.46. The SMILES string of the molecule is Cc1cc(CSc2ccccc2C(=O)N2CCN(C(C#N)c3ccccc3)CC2)on1. The average Bonchev–Trinajstić information content (AvgIpc) is 3.24. The van der Waals surface area contributed by atoms with Gasteiger partial charge in [-0.25, -0.2) is 0 Å². The molecule has 0 N–H and O–H groups in total. The number of carbonyl (C=O) groups excluding carboxylic acids is 1. The maximum atomic E-state index is 13.2. The van der Waals surface area contributed by atoms with Crippen LogP contribution in [-0.2, 0) is 5.75 Å². The Kier molecular flexibility index (Phi) is 6.70. The Bertz CT molecular complexity index is 1070. The summed E-state index contributed by atoms with van der Waals surface area (Å²) in [5, 5.41) is 13.6. The lowest BCUT2D eigenvalue weighted by atomic mass is 10.1. The highest BCUT2D eigenvalue weighted by molar-refractivity contribution is 7.98. The Balaban J connectivity index is 1.40. The Morgan fingerprint density at radius 2 is 1.84 bits per heavy atom. The van der Waals surface area contributed by atoms with Crippen LogP contribution < -0.4 is 0 Å². The first-order chi connectivity index (χ1) is 15.2. The molecular formula is C24H24N4O2S. The predicted octanol–water partition coefficient (Wildman–Crippen LogP) is 4.30. The summed E-state index contributed by atoms with van der Waals surface area (Å²) < 4.78 is 5.29. The summed E-state index contributed by atoms with van der Waals surface area (Å²) in [5.74, 6) is 1.45. The van der Waals surface area contributed by atoms with Gasteiger partial charge in [-0.15, -0.1) is 11.8 Å². The molecular weight excluding hydrogens is 408 g/mol. The topological polar surface area (TPSA) is 73.4 Å². The quantitative estimate of drug-likeness (QED) is 0.541. The first-order valence-corrected chi connectivity index (χ1v) is 11.3. The van der Waals surface area contributed by atoms with Crippen molar-refractivity contribution in [2.24, 2.45) is 0 Å². The molecule has 158 valence electrons. The highest BCUT2D eigenvalue weighted by Gasteiger charge is 2.28. The number of nitrogens with zero attached hydrogens (tertiary/aromatic N) is 4. The van der Waals surface area contributed by atoms with Crippen molar-refractivity contribution in [3.8, 4) is 6.07 Å². The molecule has 1 atom stereocenters. The number of benzene rings is 2. The van der Waals surface area contributed by atoms with E-state index >= 15 is 0 Å². The van der Waals surface area contributed by atoms with Crippen LogP contribution in [0.3, 0.4) is 0 Å². The molecule has 3 aromatic rings. The molecule has 1 aliphatic heterocycles. The van der Waals surface area contributed by atoms with E-state index in [0.717, 1.165) is 21.9 Å². The van der Waals surface area contributed by atoms with Crippen LogP contribution in [0.25, 0.3) is 0 Å². The van der Waals surface area contributed by atoms with E-state index in [1.165, 1.54) is 0 Å². The molecule has 0 spiro atoms. The molecule has 1 amide bonds. The largest absolute Gasteiger partial charge is 0.360 e. The summed E-state index contributed by atoms with van der Waals surface area (Å²) in [7, 11) is 0. The van der Waals surface area contributed by atoms with E-state index in [1.54, 1.807) is 11.8 Å². The molecule has 2 heterocycles. The zero-order chi connectivity index (χ0) is 21.6. The van der Waals surface area contributed by atoms with Gasteiger partial charge in [0.25, 0.3) is 5.91 Å². The Labute approximate surface area is 186 Å². The number of nitriles is 1. The molecule has 1 aliphatic rings. The van der Waals surface area contributed by atoms with Crippen molar-refractivity contribution in [1.29, 1.82) is 5.26 Å². The highest BCUT2D eigenvalue weighted by atomic mass is 32.2. The summed E-state index contributed by atoms with van der Waals surface area (Å²) in [5.41, 5.74) is 2.55. The van der Waals surface area contributed by atoms with Gasteiger partial charge in [0, 0.05) is 37.1 Å². The van der Waals surface area contributed by atoms with Gasteiger partial charge < -0.3 is 9.42 Å². The number of amides is 1. The molecule has 4 rings (SSSR count). The molecule has 1 aromatic heterocycles. The molecule has 2 aromatic carbocycles. The summed E-state index contributed by atoms with van der Waals surface area (Å²) in [4.78, 5) is 18.2. The van der Waals surface area contributed by atoms with Gasteiger partial charge in [0.05, 0.1) is 23.1 Å². The van der Waals surface area contributed by atoms with E-state index < -0.39 is 0 Å². The molecule has 1 saturated heterocycles. The van der Waals surface area contributed by atoms with Crippen molar-refractivity contribution < 1.29 is 9.32 Å². The van der Waals surface area contributed by atoms with Crippen molar-refractivity contribution in [3.63, 3.8) is 0 Å². The predicted molar refractivity (Wildman–Crippen MR) is 120 cm³/mol.